The minimum atomic E-state index is 0. The molecule has 0 aliphatic heterocycles. The van der Waals surface area contributed by atoms with Crippen molar-refractivity contribution in [2.75, 3.05) is 0 Å². The molecule has 3 saturated carbocycles. The molecule has 116 valence electrons. The van der Waals surface area contributed by atoms with Crippen molar-refractivity contribution in [2.24, 2.45) is 22.6 Å². The third-order valence-corrected chi connectivity index (χ3v) is 5.32. The normalized spacial score (nSPS) is 32.5. The number of aliphatic imine (C=N–C) groups is 1. The molecule has 0 spiro atoms. The lowest BCUT2D eigenvalue weighted by Gasteiger charge is -2.23. The van der Waals surface area contributed by atoms with Crippen LogP contribution in [0.15, 0.2) is 4.99 Å². The molecule has 20 heavy (non-hydrogen) atoms. The number of nitrogens with zero attached hydrogens (tertiary/aromatic N) is 1. The molecule has 3 aliphatic rings. The van der Waals surface area contributed by atoms with Gasteiger partial charge in [-0.3, -0.25) is 0 Å². The third kappa shape index (κ3) is 4.50. The smallest absolute Gasteiger partial charge is 0.189 e. The zero-order valence-electron chi connectivity index (χ0n) is 12.5. The Labute approximate surface area is 140 Å². The molecule has 0 saturated heterocycles. The number of nitrogens with one attached hydrogen (secondary N) is 1. The van der Waals surface area contributed by atoms with E-state index in [-0.39, 0.29) is 24.0 Å². The first-order valence-corrected chi connectivity index (χ1v) is 8.43. The lowest BCUT2D eigenvalue weighted by atomic mass is 9.85. The monoisotopic (exact) mass is 391 g/mol. The first-order valence-electron chi connectivity index (χ1n) is 8.43. The van der Waals surface area contributed by atoms with Crippen LogP contribution in [0.3, 0.4) is 0 Å². The Hall–Kier alpha value is 0. The van der Waals surface area contributed by atoms with Gasteiger partial charge >= 0.3 is 0 Å². The van der Waals surface area contributed by atoms with Crippen molar-refractivity contribution in [2.45, 2.75) is 82.7 Å². The lowest BCUT2D eigenvalue weighted by molar-refractivity contribution is 0.318. The van der Waals surface area contributed by atoms with Gasteiger partial charge in [0.1, 0.15) is 0 Å². The Morgan fingerprint density at radius 2 is 1.50 bits per heavy atom. The van der Waals surface area contributed by atoms with Crippen LogP contribution in [0.2, 0.25) is 0 Å². The van der Waals surface area contributed by atoms with Crippen LogP contribution in [-0.4, -0.2) is 18.0 Å². The fraction of sp³-hybridized carbons (Fsp3) is 0.938. The molecule has 0 aromatic carbocycles. The fourth-order valence-electron chi connectivity index (χ4n) is 4.09. The zero-order chi connectivity index (χ0) is 13.1. The van der Waals surface area contributed by atoms with Gasteiger partial charge in [0.15, 0.2) is 5.96 Å². The zero-order valence-corrected chi connectivity index (χ0v) is 14.9. The maximum absolute atomic E-state index is 6.08. The van der Waals surface area contributed by atoms with Gasteiger partial charge in [-0.2, -0.15) is 0 Å². The maximum atomic E-state index is 6.08. The maximum Gasteiger partial charge on any atom is 0.189 e. The van der Waals surface area contributed by atoms with E-state index in [2.05, 4.69) is 5.32 Å². The summed E-state index contributed by atoms with van der Waals surface area (Å²) in [4.78, 5) is 4.72. The van der Waals surface area contributed by atoms with E-state index < -0.39 is 0 Å². The second-order valence-corrected chi connectivity index (χ2v) is 6.86. The summed E-state index contributed by atoms with van der Waals surface area (Å²) >= 11 is 0. The van der Waals surface area contributed by atoms with Crippen molar-refractivity contribution in [3.05, 3.63) is 0 Å². The van der Waals surface area contributed by atoms with Gasteiger partial charge in [-0.25, -0.2) is 4.99 Å². The van der Waals surface area contributed by atoms with E-state index in [4.69, 9.17) is 10.7 Å². The number of hydrogen-bond acceptors (Lipinski definition) is 1. The highest BCUT2D eigenvalue weighted by Gasteiger charge is 2.43. The summed E-state index contributed by atoms with van der Waals surface area (Å²) in [6.07, 6.45) is 15.1. The van der Waals surface area contributed by atoms with E-state index in [9.17, 15) is 0 Å². The molecule has 3 fully saturated rings. The molecule has 0 amide bonds. The van der Waals surface area contributed by atoms with Crippen molar-refractivity contribution in [3.63, 3.8) is 0 Å². The van der Waals surface area contributed by atoms with Crippen molar-refractivity contribution < 1.29 is 0 Å². The van der Waals surface area contributed by atoms with Crippen molar-refractivity contribution in [3.8, 4) is 0 Å². The van der Waals surface area contributed by atoms with Gasteiger partial charge in [-0.15, -0.1) is 24.0 Å². The average molecular weight is 391 g/mol. The summed E-state index contributed by atoms with van der Waals surface area (Å²) in [5.41, 5.74) is 6.08. The second kappa shape index (κ2) is 7.85. The molecule has 3 aliphatic carbocycles. The molecule has 0 aromatic heterocycles. The molecule has 0 bridgehead atoms. The van der Waals surface area contributed by atoms with Crippen LogP contribution >= 0.6 is 24.0 Å². The number of nitrogens with two attached hydrogens (primary N) is 1. The summed E-state index contributed by atoms with van der Waals surface area (Å²) in [5.74, 6) is 2.52. The van der Waals surface area contributed by atoms with Gasteiger partial charge < -0.3 is 11.1 Å². The molecule has 0 heterocycles. The van der Waals surface area contributed by atoms with E-state index in [0.29, 0.717) is 12.1 Å². The number of rotatable bonds is 3. The highest BCUT2D eigenvalue weighted by atomic mass is 127. The quantitative estimate of drug-likeness (QED) is 0.437. The largest absolute Gasteiger partial charge is 0.370 e. The van der Waals surface area contributed by atoms with Gasteiger partial charge in [0.2, 0.25) is 0 Å². The van der Waals surface area contributed by atoms with Gasteiger partial charge in [0.05, 0.1) is 6.04 Å². The van der Waals surface area contributed by atoms with Crippen LogP contribution < -0.4 is 11.1 Å². The van der Waals surface area contributed by atoms with E-state index >= 15 is 0 Å². The summed E-state index contributed by atoms with van der Waals surface area (Å²) in [6.45, 7) is 0. The van der Waals surface area contributed by atoms with Gasteiger partial charge in [0.25, 0.3) is 0 Å². The van der Waals surface area contributed by atoms with Crippen LogP contribution in [-0.2, 0) is 0 Å². The Bertz CT molecular complexity index is 320. The van der Waals surface area contributed by atoms with Crippen LogP contribution in [0.25, 0.3) is 0 Å². The lowest BCUT2D eigenvalue weighted by Crippen LogP contribution is -2.41. The molecular formula is C16H30IN3. The van der Waals surface area contributed by atoms with Crippen molar-refractivity contribution >= 4 is 29.9 Å². The molecule has 0 aromatic rings. The van der Waals surface area contributed by atoms with Crippen molar-refractivity contribution in [1.29, 1.82) is 0 Å². The predicted molar refractivity (Wildman–Crippen MR) is 95.5 cm³/mol. The molecule has 3 nitrogen and oxygen atoms in total. The third-order valence-electron chi connectivity index (χ3n) is 5.32. The first-order chi connectivity index (χ1) is 9.33. The molecule has 4 heteroatoms. The van der Waals surface area contributed by atoms with Crippen LogP contribution in [0, 0.1) is 11.8 Å². The predicted octanol–water partition coefficient (Wildman–Crippen LogP) is 3.81. The van der Waals surface area contributed by atoms with Crippen LogP contribution in [0.5, 0.6) is 0 Å². The second-order valence-electron chi connectivity index (χ2n) is 6.86. The number of guanidine groups is 1. The molecule has 3 N–H and O–H groups in total. The molecular weight excluding hydrogens is 361 g/mol. The molecule has 2 unspecified atom stereocenters. The molecule has 0 radical (unpaired) electrons. The Kier molecular flexibility index (Phi) is 6.43. The van der Waals surface area contributed by atoms with E-state index in [0.717, 1.165) is 17.8 Å². The van der Waals surface area contributed by atoms with E-state index in [1.165, 1.54) is 70.6 Å². The molecule has 2 atom stereocenters. The summed E-state index contributed by atoms with van der Waals surface area (Å²) in [5, 5.41) is 3.44. The van der Waals surface area contributed by atoms with E-state index in [1.807, 2.05) is 0 Å². The molecule has 3 rings (SSSR count). The van der Waals surface area contributed by atoms with Crippen LogP contribution in [0.1, 0.15) is 70.6 Å². The van der Waals surface area contributed by atoms with Gasteiger partial charge in [-0.05, 0) is 31.1 Å². The Morgan fingerprint density at radius 3 is 2.15 bits per heavy atom. The average Bonchev–Trinajstić information content (AvgIpc) is 3.20. The SMILES string of the molecule is I.NC(=NC1CC1C1CCCCC1)NC1CCCCC1. The van der Waals surface area contributed by atoms with E-state index in [1.54, 1.807) is 0 Å². The number of hydrogen-bond donors (Lipinski definition) is 2. The summed E-state index contributed by atoms with van der Waals surface area (Å²) in [6, 6.07) is 1.13. The van der Waals surface area contributed by atoms with Gasteiger partial charge in [0, 0.05) is 6.04 Å². The fourth-order valence-corrected chi connectivity index (χ4v) is 4.09. The van der Waals surface area contributed by atoms with Gasteiger partial charge in [-0.1, -0.05) is 51.4 Å². The highest BCUT2D eigenvalue weighted by molar-refractivity contribution is 14.0. The minimum absolute atomic E-state index is 0. The number of halogens is 1. The van der Waals surface area contributed by atoms with Crippen molar-refractivity contribution in [1.82, 2.24) is 5.32 Å². The first kappa shape index (κ1) is 16.4. The standard InChI is InChI=1S/C16H29N3.HI/c17-16(18-13-9-5-2-6-10-13)19-15-11-14(15)12-7-3-1-4-8-12;/h12-15H,1-11H2,(H3,17,18,19);1H. The Morgan fingerprint density at radius 1 is 0.900 bits per heavy atom. The summed E-state index contributed by atoms with van der Waals surface area (Å²) < 4.78 is 0. The Balaban J connectivity index is 0.00000147. The van der Waals surface area contributed by atoms with Crippen LogP contribution in [0.4, 0.5) is 0 Å². The highest BCUT2D eigenvalue weighted by Crippen LogP contribution is 2.46. The summed E-state index contributed by atoms with van der Waals surface area (Å²) in [7, 11) is 0. The minimum Gasteiger partial charge on any atom is -0.370 e. The topological polar surface area (TPSA) is 50.4 Å².